The molecule has 188 valence electrons. The van der Waals surface area contributed by atoms with E-state index in [2.05, 4.69) is 29.6 Å². The van der Waals surface area contributed by atoms with Crippen molar-refractivity contribution in [1.29, 1.82) is 0 Å². The first-order valence-corrected chi connectivity index (χ1v) is 12.7. The zero-order valence-corrected chi connectivity index (χ0v) is 21.5. The van der Waals surface area contributed by atoms with Gasteiger partial charge in [0.05, 0.1) is 15.4 Å². The third-order valence-electron chi connectivity index (χ3n) is 4.78. The topological polar surface area (TPSA) is 89.5 Å². The van der Waals surface area contributed by atoms with E-state index in [4.69, 9.17) is 9.57 Å². The average Bonchev–Trinajstić information content (AvgIpc) is 3.37. The molecule has 8 heteroatoms. The number of thiophene rings is 1. The van der Waals surface area contributed by atoms with E-state index < -0.39 is 0 Å². The molecule has 0 radical (unpaired) electrons. The van der Waals surface area contributed by atoms with Crippen molar-refractivity contribution >= 4 is 29.3 Å². The Balaban J connectivity index is 0.000000334. The summed E-state index contributed by atoms with van der Waals surface area (Å²) in [4.78, 5) is 34.0. The van der Waals surface area contributed by atoms with Crippen LogP contribution in [-0.4, -0.2) is 37.1 Å². The average molecular weight is 498 g/mol. The zero-order valence-electron chi connectivity index (χ0n) is 20.7. The number of nitrogens with zero attached hydrogens (tertiary/aromatic N) is 1. The lowest BCUT2D eigenvalue weighted by molar-refractivity contribution is -0.177. The van der Waals surface area contributed by atoms with Crippen molar-refractivity contribution in [3.8, 4) is 10.6 Å². The number of nitrogens with one attached hydrogen (secondary N) is 2. The van der Waals surface area contributed by atoms with E-state index in [-0.39, 0.29) is 12.2 Å². The molecule has 1 amide bonds. The van der Waals surface area contributed by atoms with E-state index in [0.717, 1.165) is 48.3 Å². The van der Waals surface area contributed by atoms with Gasteiger partial charge in [-0.15, -0.1) is 11.3 Å². The maximum absolute atomic E-state index is 12.1. The molecule has 0 spiro atoms. The third-order valence-corrected chi connectivity index (χ3v) is 5.81. The Hall–Kier alpha value is -2.91. The van der Waals surface area contributed by atoms with Crippen molar-refractivity contribution in [1.82, 2.24) is 10.5 Å². The van der Waals surface area contributed by atoms with Crippen LogP contribution in [0, 0.1) is 0 Å². The van der Waals surface area contributed by atoms with Crippen LogP contribution in [0.3, 0.4) is 0 Å². The van der Waals surface area contributed by atoms with E-state index in [1.54, 1.807) is 19.2 Å². The van der Waals surface area contributed by atoms with Crippen molar-refractivity contribution < 1.29 is 19.2 Å². The number of hydrogen-bond acceptors (Lipinski definition) is 7. The molecule has 2 heterocycles. The lowest BCUT2D eigenvalue weighted by Crippen LogP contribution is -2.23. The van der Waals surface area contributed by atoms with Gasteiger partial charge in [0.15, 0.2) is 12.6 Å². The molecule has 7 nitrogen and oxygen atoms in total. The standard InChI is InChI=1S/C19H16N2O2S.C8H19NO2/c22-13-15-10-11-17(24-15)16-7-4-8-18(20-16)21-19(23)12-9-14-5-2-1-3-6-14;1-4-6-8(11-9-3)10-7-5-2/h1-8,10-11,13H,9,12H2,(H,20,21,23);8-9H,4-7H2,1-3H3. The van der Waals surface area contributed by atoms with Gasteiger partial charge in [-0.2, -0.15) is 0 Å². The molecule has 0 aliphatic carbocycles. The molecule has 0 bridgehead atoms. The van der Waals surface area contributed by atoms with E-state index in [1.807, 2.05) is 48.5 Å². The van der Waals surface area contributed by atoms with Gasteiger partial charge in [-0.3, -0.25) is 14.4 Å². The molecule has 1 unspecified atom stereocenters. The van der Waals surface area contributed by atoms with Crippen molar-refractivity contribution in [3.63, 3.8) is 0 Å². The quantitative estimate of drug-likeness (QED) is 0.174. The number of rotatable bonds is 13. The maximum Gasteiger partial charge on any atom is 0.225 e. The number of anilines is 1. The number of amides is 1. The van der Waals surface area contributed by atoms with Crippen LogP contribution in [0.25, 0.3) is 10.6 Å². The lowest BCUT2D eigenvalue weighted by Gasteiger charge is -2.15. The maximum atomic E-state index is 12.1. The molecular weight excluding hydrogens is 462 g/mol. The summed E-state index contributed by atoms with van der Waals surface area (Å²) in [6, 6.07) is 19.0. The second kappa shape index (κ2) is 16.7. The van der Waals surface area contributed by atoms with Crippen LogP contribution in [0.5, 0.6) is 0 Å². The molecule has 2 N–H and O–H groups in total. The van der Waals surface area contributed by atoms with Crippen LogP contribution < -0.4 is 10.8 Å². The Morgan fingerprint density at radius 3 is 2.51 bits per heavy atom. The number of carbonyl (C=O) groups excluding carboxylic acids is 2. The number of pyridine rings is 1. The van der Waals surface area contributed by atoms with E-state index in [0.29, 0.717) is 23.5 Å². The Labute approximate surface area is 211 Å². The highest BCUT2D eigenvalue weighted by molar-refractivity contribution is 7.17. The summed E-state index contributed by atoms with van der Waals surface area (Å²) in [7, 11) is 1.75. The fourth-order valence-corrected chi connectivity index (χ4v) is 3.89. The molecule has 3 aromatic rings. The number of ether oxygens (including phenoxy) is 1. The first-order chi connectivity index (χ1) is 17.1. The number of hydroxylamine groups is 1. The van der Waals surface area contributed by atoms with Crippen molar-refractivity contribution in [3.05, 3.63) is 71.1 Å². The largest absolute Gasteiger partial charge is 0.351 e. The molecule has 0 aliphatic heterocycles. The highest BCUT2D eigenvalue weighted by Gasteiger charge is 2.08. The molecule has 0 aliphatic rings. The molecule has 0 saturated heterocycles. The predicted octanol–water partition coefficient (Wildman–Crippen LogP) is 5.88. The number of hydrogen-bond donors (Lipinski definition) is 2. The summed E-state index contributed by atoms with van der Waals surface area (Å²) in [5.74, 6) is 0.454. The fourth-order valence-electron chi connectivity index (χ4n) is 3.10. The van der Waals surface area contributed by atoms with Gasteiger partial charge < -0.3 is 10.1 Å². The highest BCUT2D eigenvalue weighted by Crippen LogP contribution is 2.26. The molecule has 3 rings (SSSR count). The minimum atomic E-state index is -0.0788. The second-order valence-electron chi connectivity index (χ2n) is 7.67. The zero-order chi connectivity index (χ0) is 25.3. The third kappa shape index (κ3) is 10.9. The minimum Gasteiger partial charge on any atom is -0.351 e. The molecule has 2 aromatic heterocycles. The number of aromatic nitrogens is 1. The molecule has 1 atom stereocenters. The molecular formula is C27H35N3O4S. The summed E-state index contributed by atoms with van der Waals surface area (Å²) in [6.07, 6.45) is 4.91. The summed E-state index contributed by atoms with van der Waals surface area (Å²) < 4.78 is 5.39. The normalized spacial score (nSPS) is 11.3. The van der Waals surface area contributed by atoms with Gasteiger partial charge >= 0.3 is 0 Å². The SMILES string of the molecule is CCCOC(CCC)ONC.O=Cc1ccc(-c2cccc(NC(=O)CCc3ccccc3)n2)s1. The number of aryl methyl sites for hydroxylation is 1. The predicted molar refractivity (Wildman–Crippen MR) is 141 cm³/mol. The van der Waals surface area contributed by atoms with Crippen LogP contribution in [0.1, 0.15) is 54.8 Å². The first kappa shape index (κ1) is 28.3. The summed E-state index contributed by atoms with van der Waals surface area (Å²) in [6.45, 7) is 4.97. The summed E-state index contributed by atoms with van der Waals surface area (Å²) in [5, 5.41) is 2.83. The second-order valence-corrected chi connectivity index (χ2v) is 8.79. The number of benzene rings is 1. The van der Waals surface area contributed by atoms with E-state index >= 15 is 0 Å². The number of carbonyl (C=O) groups is 2. The first-order valence-electron chi connectivity index (χ1n) is 11.9. The van der Waals surface area contributed by atoms with Gasteiger partial charge in [-0.25, -0.2) is 10.5 Å². The number of aldehydes is 1. The molecule has 0 fully saturated rings. The van der Waals surface area contributed by atoms with Crippen LogP contribution in [0.15, 0.2) is 60.7 Å². The van der Waals surface area contributed by atoms with Crippen LogP contribution in [0.2, 0.25) is 0 Å². The Kier molecular flexibility index (Phi) is 13.5. The van der Waals surface area contributed by atoms with Gasteiger partial charge in [-0.05, 0) is 49.1 Å². The minimum absolute atomic E-state index is 0.0664. The Morgan fingerprint density at radius 1 is 1.06 bits per heavy atom. The lowest BCUT2D eigenvalue weighted by atomic mass is 10.1. The smallest absolute Gasteiger partial charge is 0.225 e. The van der Waals surface area contributed by atoms with Crippen LogP contribution in [-0.2, 0) is 20.8 Å². The molecule has 0 saturated carbocycles. The van der Waals surface area contributed by atoms with Gasteiger partial charge in [0, 0.05) is 20.1 Å². The summed E-state index contributed by atoms with van der Waals surface area (Å²) in [5.41, 5.74) is 4.51. The van der Waals surface area contributed by atoms with Crippen LogP contribution >= 0.6 is 11.3 Å². The molecule has 1 aromatic carbocycles. The van der Waals surface area contributed by atoms with Crippen molar-refractivity contribution in [2.24, 2.45) is 0 Å². The Bertz CT molecular complexity index is 1000. The highest BCUT2D eigenvalue weighted by atomic mass is 32.1. The fraction of sp³-hybridized carbons (Fsp3) is 0.370. The van der Waals surface area contributed by atoms with Gasteiger partial charge in [0.1, 0.15) is 5.82 Å². The van der Waals surface area contributed by atoms with Crippen molar-refractivity contribution in [2.45, 2.75) is 52.2 Å². The van der Waals surface area contributed by atoms with Crippen LogP contribution in [0.4, 0.5) is 5.82 Å². The van der Waals surface area contributed by atoms with E-state index in [1.165, 1.54) is 11.3 Å². The monoisotopic (exact) mass is 497 g/mol. The van der Waals surface area contributed by atoms with E-state index in [9.17, 15) is 9.59 Å². The van der Waals surface area contributed by atoms with Gasteiger partial charge in [0.2, 0.25) is 5.91 Å². The van der Waals surface area contributed by atoms with Gasteiger partial charge in [-0.1, -0.05) is 56.7 Å². The van der Waals surface area contributed by atoms with Gasteiger partial charge in [0.25, 0.3) is 0 Å². The van der Waals surface area contributed by atoms with Crippen molar-refractivity contribution in [2.75, 3.05) is 19.0 Å². The Morgan fingerprint density at radius 2 is 1.86 bits per heavy atom. The summed E-state index contributed by atoms with van der Waals surface area (Å²) >= 11 is 1.38. The molecule has 35 heavy (non-hydrogen) atoms.